The Morgan fingerprint density at radius 2 is 1.86 bits per heavy atom. The monoisotopic (exact) mass is 325 g/mol. The van der Waals surface area contributed by atoms with Gasteiger partial charge in [-0.2, -0.15) is 18.3 Å². The highest BCUT2D eigenvalue weighted by atomic mass is 35.5. The van der Waals surface area contributed by atoms with Crippen molar-refractivity contribution in [2.75, 3.05) is 13.1 Å². The third-order valence-corrected chi connectivity index (χ3v) is 3.53. The summed E-state index contributed by atoms with van der Waals surface area (Å²) in [5.74, 6) is -0.576. The number of aromatic nitrogens is 2. The number of carbonyl (C=O) groups is 1. The highest BCUT2D eigenvalue weighted by Gasteiger charge is 2.41. The highest BCUT2D eigenvalue weighted by molar-refractivity contribution is 6.34. The van der Waals surface area contributed by atoms with E-state index in [1.165, 1.54) is 11.9 Å². The predicted octanol–water partition coefficient (Wildman–Crippen LogP) is 2.34. The van der Waals surface area contributed by atoms with Gasteiger partial charge in [0.2, 0.25) is 0 Å². The Balaban J connectivity index is 2.34. The van der Waals surface area contributed by atoms with Gasteiger partial charge in [0.15, 0.2) is 5.69 Å². The smallest absolute Gasteiger partial charge is 0.372 e. The van der Waals surface area contributed by atoms with E-state index in [1.54, 1.807) is 13.8 Å². The van der Waals surface area contributed by atoms with Crippen molar-refractivity contribution in [1.29, 1.82) is 0 Å². The quantitative estimate of drug-likeness (QED) is 0.796. The molecule has 5 nitrogen and oxygen atoms in total. The van der Waals surface area contributed by atoms with Crippen LogP contribution in [0.5, 0.6) is 0 Å². The van der Waals surface area contributed by atoms with Crippen LogP contribution in [-0.4, -0.2) is 45.9 Å². The van der Waals surface area contributed by atoms with E-state index in [9.17, 15) is 18.0 Å². The zero-order valence-electron chi connectivity index (χ0n) is 11.7. The van der Waals surface area contributed by atoms with Crippen LogP contribution in [0.3, 0.4) is 0 Å². The second-order valence-corrected chi connectivity index (χ2v) is 5.48. The molecule has 1 aliphatic heterocycles. The van der Waals surface area contributed by atoms with Crippen molar-refractivity contribution >= 4 is 17.5 Å². The van der Waals surface area contributed by atoms with E-state index in [-0.39, 0.29) is 17.9 Å². The van der Waals surface area contributed by atoms with Gasteiger partial charge in [-0.3, -0.25) is 9.48 Å². The van der Waals surface area contributed by atoms with Crippen LogP contribution >= 0.6 is 11.6 Å². The van der Waals surface area contributed by atoms with Crippen LogP contribution in [0, 0.1) is 0 Å². The Morgan fingerprint density at radius 3 is 2.29 bits per heavy atom. The molecule has 118 valence electrons. The maximum absolute atomic E-state index is 12.8. The average Bonchev–Trinajstić information content (AvgIpc) is 2.62. The van der Waals surface area contributed by atoms with Gasteiger partial charge in [0.25, 0.3) is 5.91 Å². The van der Waals surface area contributed by atoms with Crippen LogP contribution < -0.4 is 0 Å². The summed E-state index contributed by atoms with van der Waals surface area (Å²) in [6.45, 7) is 4.18. The number of amides is 1. The standard InChI is InChI=1S/C12H15ClF3N3O2/c1-6-4-19(5-7(2)21-6)11(20)9-8(13)10(12(14,15)16)17-18(9)3/h6-7H,4-5H2,1-3H3/t6-,7-/m0/s1. The van der Waals surface area contributed by atoms with E-state index >= 15 is 0 Å². The van der Waals surface area contributed by atoms with E-state index in [0.717, 1.165) is 4.68 Å². The van der Waals surface area contributed by atoms with Gasteiger partial charge in [-0.05, 0) is 13.8 Å². The van der Waals surface area contributed by atoms with Crippen molar-refractivity contribution in [3.63, 3.8) is 0 Å². The fraction of sp³-hybridized carbons (Fsp3) is 0.667. The van der Waals surface area contributed by atoms with Crippen molar-refractivity contribution in [3.05, 3.63) is 16.4 Å². The number of ether oxygens (including phenoxy) is 1. The summed E-state index contributed by atoms with van der Waals surface area (Å²) in [7, 11) is 1.27. The van der Waals surface area contributed by atoms with Gasteiger partial charge in [-0.25, -0.2) is 0 Å². The normalized spacial score (nSPS) is 23.5. The largest absolute Gasteiger partial charge is 0.436 e. The molecule has 2 heterocycles. The number of halogens is 4. The molecule has 1 amide bonds. The van der Waals surface area contributed by atoms with Gasteiger partial charge < -0.3 is 9.64 Å². The molecule has 0 spiro atoms. The van der Waals surface area contributed by atoms with Gasteiger partial charge in [-0.15, -0.1) is 0 Å². The molecule has 1 aromatic heterocycles. The average molecular weight is 326 g/mol. The molecule has 0 N–H and O–H groups in total. The molecule has 0 aliphatic carbocycles. The molecule has 0 radical (unpaired) electrons. The first kappa shape index (κ1) is 16.1. The molecular formula is C12H15ClF3N3O2. The number of rotatable bonds is 1. The van der Waals surface area contributed by atoms with Crippen LogP contribution in [0.1, 0.15) is 30.0 Å². The fourth-order valence-electron chi connectivity index (χ4n) is 2.41. The topological polar surface area (TPSA) is 47.4 Å². The van der Waals surface area contributed by atoms with Crippen molar-refractivity contribution in [2.45, 2.75) is 32.2 Å². The van der Waals surface area contributed by atoms with Gasteiger partial charge in [0, 0.05) is 20.1 Å². The minimum absolute atomic E-state index is 0.188. The lowest BCUT2D eigenvalue weighted by atomic mass is 10.2. The minimum atomic E-state index is -4.70. The van der Waals surface area contributed by atoms with Crippen molar-refractivity contribution < 1.29 is 22.7 Å². The van der Waals surface area contributed by atoms with Gasteiger partial charge in [-0.1, -0.05) is 11.6 Å². The Hall–Kier alpha value is -1.28. The Labute approximate surface area is 124 Å². The Bertz CT molecular complexity index is 549. The number of aryl methyl sites for hydroxylation is 1. The summed E-state index contributed by atoms with van der Waals surface area (Å²) in [5.41, 5.74) is -1.50. The summed E-state index contributed by atoms with van der Waals surface area (Å²) >= 11 is 5.72. The van der Waals surface area contributed by atoms with E-state index in [2.05, 4.69) is 5.10 Å². The van der Waals surface area contributed by atoms with Crippen molar-refractivity contribution in [3.8, 4) is 0 Å². The van der Waals surface area contributed by atoms with Crippen LogP contribution in [0.4, 0.5) is 13.2 Å². The maximum atomic E-state index is 12.8. The van der Waals surface area contributed by atoms with E-state index in [4.69, 9.17) is 16.3 Å². The number of alkyl halides is 3. The van der Waals surface area contributed by atoms with Gasteiger partial charge in [0.1, 0.15) is 10.7 Å². The summed E-state index contributed by atoms with van der Waals surface area (Å²) < 4.78 is 44.7. The van der Waals surface area contributed by atoms with Gasteiger partial charge in [0.05, 0.1) is 12.2 Å². The molecule has 0 aromatic carbocycles. The second-order valence-electron chi connectivity index (χ2n) is 5.10. The molecule has 2 rings (SSSR count). The highest BCUT2D eigenvalue weighted by Crippen LogP contribution is 2.35. The van der Waals surface area contributed by atoms with Crippen molar-refractivity contribution in [1.82, 2.24) is 14.7 Å². The lowest BCUT2D eigenvalue weighted by molar-refractivity contribution is -0.141. The minimum Gasteiger partial charge on any atom is -0.372 e. The molecule has 2 atom stereocenters. The summed E-state index contributed by atoms with van der Waals surface area (Å²) in [6.07, 6.45) is -5.07. The number of morpholine rings is 1. The summed E-state index contributed by atoms with van der Waals surface area (Å²) in [4.78, 5) is 13.9. The first-order valence-corrected chi connectivity index (χ1v) is 6.73. The lowest BCUT2D eigenvalue weighted by Crippen LogP contribution is -2.48. The molecule has 0 saturated carbocycles. The van der Waals surface area contributed by atoms with Crippen LogP contribution in [0.2, 0.25) is 5.02 Å². The van der Waals surface area contributed by atoms with Crippen LogP contribution in [0.25, 0.3) is 0 Å². The molecule has 9 heteroatoms. The first-order valence-electron chi connectivity index (χ1n) is 6.35. The molecule has 0 bridgehead atoms. The zero-order chi connectivity index (χ0) is 15.9. The molecule has 1 aromatic rings. The zero-order valence-corrected chi connectivity index (χ0v) is 12.5. The van der Waals surface area contributed by atoms with E-state index in [0.29, 0.717) is 13.1 Å². The number of carbonyl (C=O) groups excluding carboxylic acids is 1. The molecular weight excluding hydrogens is 311 g/mol. The molecule has 1 saturated heterocycles. The first-order chi connectivity index (χ1) is 9.61. The molecule has 0 unspecified atom stereocenters. The van der Waals surface area contributed by atoms with E-state index < -0.39 is 22.8 Å². The van der Waals surface area contributed by atoms with Gasteiger partial charge >= 0.3 is 6.18 Å². The third-order valence-electron chi connectivity index (χ3n) is 3.17. The second kappa shape index (κ2) is 5.49. The summed E-state index contributed by atoms with van der Waals surface area (Å²) in [5, 5.41) is 2.65. The maximum Gasteiger partial charge on any atom is 0.436 e. The van der Waals surface area contributed by atoms with Crippen LogP contribution in [-0.2, 0) is 18.0 Å². The summed E-state index contributed by atoms with van der Waals surface area (Å²) in [6, 6.07) is 0. The third kappa shape index (κ3) is 3.16. The predicted molar refractivity (Wildman–Crippen MR) is 69.1 cm³/mol. The fourth-order valence-corrected chi connectivity index (χ4v) is 2.75. The lowest BCUT2D eigenvalue weighted by Gasteiger charge is -2.35. The SMILES string of the molecule is C[C@H]1CN(C(=O)c2c(Cl)c(C(F)(F)F)nn2C)C[C@H](C)O1. The number of nitrogens with zero attached hydrogens (tertiary/aromatic N) is 3. The number of hydrogen-bond donors (Lipinski definition) is 0. The number of hydrogen-bond acceptors (Lipinski definition) is 3. The Morgan fingerprint density at radius 1 is 1.33 bits per heavy atom. The molecule has 21 heavy (non-hydrogen) atoms. The van der Waals surface area contributed by atoms with Crippen molar-refractivity contribution in [2.24, 2.45) is 7.05 Å². The van der Waals surface area contributed by atoms with Crippen LogP contribution in [0.15, 0.2) is 0 Å². The Kier molecular flexibility index (Phi) is 4.21. The van der Waals surface area contributed by atoms with E-state index in [1.807, 2.05) is 0 Å². The molecule has 1 fully saturated rings. The molecule has 1 aliphatic rings.